The second kappa shape index (κ2) is 6.53. The van der Waals surface area contributed by atoms with Crippen LogP contribution in [0.4, 0.5) is 5.69 Å². The van der Waals surface area contributed by atoms with Gasteiger partial charge in [0, 0.05) is 6.07 Å². The highest BCUT2D eigenvalue weighted by Crippen LogP contribution is 2.39. The second-order valence-corrected chi connectivity index (χ2v) is 4.88. The Kier molecular flexibility index (Phi) is 4.28. The van der Waals surface area contributed by atoms with Crippen LogP contribution < -0.4 is 14.4 Å². The summed E-state index contributed by atoms with van der Waals surface area (Å²) in [5.74, 6) is 0.0223. The topological polar surface area (TPSA) is 90.9 Å². The smallest absolute Gasteiger partial charge is 0.326 e. The predicted octanol–water partition coefficient (Wildman–Crippen LogP) is 1.80. The van der Waals surface area contributed by atoms with Crippen LogP contribution in [0, 0.1) is 0 Å². The number of carbonyl (C=O) groups excluding carboxylic acids is 2. The van der Waals surface area contributed by atoms with Gasteiger partial charge in [0.15, 0.2) is 5.75 Å². The molecule has 0 unspecified atom stereocenters. The maximum Gasteiger partial charge on any atom is 0.326 e. The lowest BCUT2D eigenvalue weighted by Gasteiger charge is -2.21. The molecule has 1 aliphatic heterocycles. The van der Waals surface area contributed by atoms with Crippen LogP contribution in [0.5, 0.6) is 17.4 Å². The van der Waals surface area contributed by atoms with Crippen molar-refractivity contribution in [1.29, 1.82) is 0 Å². The quantitative estimate of drug-likeness (QED) is 0.790. The molecule has 1 amide bonds. The predicted molar refractivity (Wildman–Crippen MR) is 83.4 cm³/mol. The molecule has 8 heteroatoms. The highest BCUT2D eigenvalue weighted by molar-refractivity contribution is 6.11. The molecule has 0 spiro atoms. The molecule has 0 saturated heterocycles. The molecule has 8 nitrogen and oxygen atoms in total. The van der Waals surface area contributed by atoms with E-state index >= 15 is 0 Å². The number of nitrogens with zero attached hydrogens (tertiary/aromatic N) is 3. The van der Waals surface area contributed by atoms with Gasteiger partial charge in [-0.25, -0.2) is 0 Å². The van der Waals surface area contributed by atoms with E-state index in [1.807, 2.05) is 0 Å². The van der Waals surface area contributed by atoms with Crippen LogP contribution in [0.15, 0.2) is 30.5 Å². The van der Waals surface area contributed by atoms with Crippen LogP contribution in [0.2, 0.25) is 0 Å². The molecule has 0 bridgehead atoms. The Morgan fingerprint density at radius 2 is 2.17 bits per heavy atom. The Bertz CT molecular complexity index is 793. The lowest BCUT2D eigenvalue weighted by atomic mass is 10.2. The van der Waals surface area contributed by atoms with Crippen molar-refractivity contribution in [2.45, 2.75) is 6.92 Å². The minimum absolute atomic E-state index is 0.0836. The molecule has 0 radical (unpaired) electrons. The molecule has 24 heavy (non-hydrogen) atoms. The Labute approximate surface area is 138 Å². The van der Waals surface area contributed by atoms with E-state index in [4.69, 9.17) is 14.2 Å². The zero-order valence-corrected chi connectivity index (χ0v) is 13.2. The number of hydrogen-bond acceptors (Lipinski definition) is 7. The highest BCUT2D eigenvalue weighted by Gasteiger charge is 2.31. The monoisotopic (exact) mass is 329 g/mol. The highest BCUT2D eigenvalue weighted by atomic mass is 16.5. The third kappa shape index (κ3) is 2.85. The number of carbonyl (C=O) groups is 2. The first-order chi connectivity index (χ1) is 11.6. The van der Waals surface area contributed by atoms with Gasteiger partial charge in [-0.1, -0.05) is 0 Å². The summed E-state index contributed by atoms with van der Waals surface area (Å²) in [5.41, 5.74) is 0.606. The molecule has 1 aromatic heterocycles. The molecule has 3 rings (SSSR count). The fourth-order valence-corrected chi connectivity index (χ4v) is 2.33. The first-order valence-electron chi connectivity index (χ1n) is 7.29. The van der Waals surface area contributed by atoms with Gasteiger partial charge in [-0.3, -0.25) is 14.5 Å². The van der Waals surface area contributed by atoms with Gasteiger partial charge in [-0.2, -0.15) is 5.10 Å². The summed E-state index contributed by atoms with van der Waals surface area (Å²) in [4.78, 5) is 26.1. The molecule has 0 aliphatic carbocycles. The van der Waals surface area contributed by atoms with Gasteiger partial charge in [0.1, 0.15) is 17.9 Å². The van der Waals surface area contributed by atoms with Crippen molar-refractivity contribution in [2.24, 2.45) is 0 Å². The van der Waals surface area contributed by atoms with Crippen LogP contribution in [0.3, 0.4) is 0 Å². The van der Waals surface area contributed by atoms with Gasteiger partial charge in [0.05, 0.1) is 25.6 Å². The van der Waals surface area contributed by atoms with Gasteiger partial charge < -0.3 is 14.2 Å². The lowest BCUT2D eigenvalue weighted by Crippen LogP contribution is -2.36. The minimum atomic E-state index is -0.523. The Hall–Kier alpha value is -3.16. The average molecular weight is 329 g/mol. The van der Waals surface area contributed by atoms with Gasteiger partial charge >= 0.3 is 5.97 Å². The number of benzene rings is 1. The minimum Gasteiger partial charge on any atom is -0.497 e. The number of hydrogen-bond donors (Lipinski definition) is 0. The van der Waals surface area contributed by atoms with Gasteiger partial charge in [-0.15, -0.1) is 5.10 Å². The molecular weight excluding hydrogens is 314 g/mol. The number of methoxy groups -OCH3 is 1. The normalized spacial score (nSPS) is 12.6. The van der Waals surface area contributed by atoms with Crippen LogP contribution in [0.25, 0.3) is 0 Å². The first-order valence-corrected chi connectivity index (χ1v) is 7.29. The zero-order chi connectivity index (χ0) is 17.1. The largest absolute Gasteiger partial charge is 0.497 e. The van der Waals surface area contributed by atoms with E-state index in [0.717, 1.165) is 0 Å². The van der Waals surface area contributed by atoms with E-state index in [0.29, 0.717) is 17.2 Å². The SMILES string of the molecule is CCOC(=O)CN1C(=O)c2ccnnc2Oc2ccc(OC)cc21. The van der Waals surface area contributed by atoms with Gasteiger partial charge in [-0.05, 0) is 25.1 Å². The van der Waals surface area contributed by atoms with Crippen molar-refractivity contribution >= 4 is 17.6 Å². The number of anilines is 1. The van der Waals surface area contributed by atoms with Crippen molar-refractivity contribution < 1.29 is 23.8 Å². The molecule has 0 atom stereocenters. The van der Waals surface area contributed by atoms with Crippen molar-refractivity contribution in [1.82, 2.24) is 10.2 Å². The standard InChI is InChI=1S/C16H15N3O5/c1-3-23-14(20)9-19-12-8-10(22-2)4-5-13(12)24-15-11(16(19)21)6-7-17-18-15/h4-8H,3,9H2,1-2H3. The van der Waals surface area contributed by atoms with Crippen LogP contribution in [-0.4, -0.2) is 42.3 Å². The molecule has 1 aromatic carbocycles. The summed E-state index contributed by atoms with van der Waals surface area (Å²) in [6.07, 6.45) is 1.39. The third-order valence-electron chi connectivity index (χ3n) is 3.42. The summed E-state index contributed by atoms with van der Waals surface area (Å²) < 4.78 is 15.9. The van der Waals surface area contributed by atoms with Crippen molar-refractivity contribution in [3.63, 3.8) is 0 Å². The summed E-state index contributed by atoms with van der Waals surface area (Å²) in [6.45, 7) is 1.68. The molecule has 1 aliphatic rings. The first kappa shape index (κ1) is 15.7. The van der Waals surface area contributed by atoms with E-state index < -0.39 is 11.9 Å². The van der Waals surface area contributed by atoms with Crippen molar-refractivity contribution in [3.05, 3.63) is 36.0 Å². The number of aromatic nitrogens is 2. The fourth-order valence-electron chi connectivity index (χ4n) is 2.33. The van der Waals surface area contributed by atoms with E-state index in [9.17, 15) is 9.59 Å². The molecule has 0 saturated carbocycles. The van der Waals surface area contributed by atoms with Crippen LogP contribution in [-0.2, 0) is 9.53 Å². The summed E-state index contributed by atoms with van der Waals surface area (Å²) in [6, 6.07) is 6.44. The summed E-state index contributed by atoms with van der Waals surface area (Å²) >= 11 is 0. The van der Waals surface area contributed by atoms with Gasteiger partial charge in [0.2, 0.25) is 0 Å². The average Bonchev–Trinajstić information content (AvgIpc) is 2.70. The molecule has 0 fully saturated rings. The van der Waals surface area contributed by atoms with Crippen LogP contribution in [0.1, 0.15) is 17.3 Å². The molecule has 2 aromatic rings. The van der Waals surface area contributed by atoms with Crippen molar-refractivity contribution in [3.8, 4) is 17.4 Å². The summed E-state index contributed by atoms with van der Waals surface area (Å²) in [7, 11) is 1.51. The molecule has 0 N–H and O–H groups in total. The maximum absolute atomic E-state index is 12.9. The van der Waals surface area contributed by atoms with E-state index in [-0.39, 0.29) is 24.6 Å². The lowest BCUT2D eigenvalue weighted by molar-refractivity contribution is -0.141. The van der Waals surface area contributed by atoms with Crippen LogP contribution >= 0.6 is 0 Å². The number of rotatable bonds is 4. The number of ether oxygens (including phenoxy) is 3. The maximum atomic E-state index is 12.9. The molecular formula is C16H15N3O5. The zero-order valence-electron chi connectivity index (χ0n) is 13.2. The van der Waals surface area contributed by atoms with E-state index in [1.54, 1.807) is 25.1 Å². The van der Waals surface area contributed by atoms with Gasteiger partial charge in [0.25, 0.3) is 11.8 Å². The molecule has 124 valence electrons. The van der Waals surface area contributed by atoms with E-state index in [1.165, 1.54) is 24.3 Å². The molecule has 2 heterocycles. The Morgan fingerprint density at radius 1 is 1.33 bits per heavy atom. The van der Waals surface area contributed by atoms with Crippen molar-refractivity contribution in [2.75, 3.05) is 25.2 Å². The Balaban J connectivity index is 2.10. The second-order valence-electron chi connectivity index (χ2n) is 4.88. The Morgan fingerprint density at radius 3 is 2.92 bits per heavy atom. The van der Waals surface area contributed by atoms with E-state index in [2.05, 4.69) is 10.2 Å². The third-order valence-corrected chi connectivity index (χ3v) is 3.42. The fraction of sp³-hybridized carbons (Fsp3) is 0.250. The number of esters is 1. The summed E-state index contributed by atoms with van der Waals surface area (Å²) in [5, 5.41) is 7.59. The number of amides is 1. The number of fused-ring (bicyclic) bond motifs is 2.